The smallest absolute Gasteiger partial charge is 0.251 e. The van der Waals surface area contributed by atoms with Crippen molar-refractivity contribution < 1.29 is 13.2 Å². The van der Waals surface area contributed by atoms with E-state index in [1.807, 2.05) is 18.2 Å². The quantitative estimate of drug-likeness (QED) is 0.654. The summed E-state index contributed by atoms with van der Waals surface area (Å²) >= 11 is 0. The Morgan fingerprint density at radius 2 is 1.76 bits per heavy atom. The van der Waals surface area contributed by atoms with E-state index in [0.29, 0.717) is 37.7 Å². The third-order valence-electron chi connectivity index (χ3n) is 8.11. The first-order valence-corrected chi connectivity index (χ1v) is 14.0. The van der Waals surface area contributed by atoms with Crippen molar-refractivity contribution in [1.29, 1.82) is 0 Å². The maximum Gasteiger partial charge on any atom is 0.251 e. The van der Waals surface area contributed by atoms with Gasteiger partial charge >= 0.3 is 0 Å². The highest BCUT2D eigenvalue weighted by Gasteiger charge is 2.42. The van der Waals surface area contributed by atoms with Crippen molar-refractivity contribution in [2.75, 3.05) is 26.2 Å². The molecule has 7 heteroatoms. The lowest BCUT2D eigenvalue weighted by atomic mass is 9.84. The second-order valence-electron chi connectivity index (χ2n) is 10.3. The normalized spacial score (nSPS) is 26.4. The third kappa shape index (κ3) is 4.92. The fourth-order valence-corrected chi connectivity index (χ4v) is 7.69. The van der Waals surface area contributed by atoms with Crippen LogP contribution in [-0.4, -0.2) is 55.8 Å². The van der Waals surface area contributed by atoms with Crippen molar-refractivity contribution in [1.82, 2.24) is 14.5 Å². The SMILES string of the molecule is C[C@H](NC(=O)c1cccc(S(=O)(=O)N2CCN(Cc3ccccc3)CC2)c1)[C@@H]1C[C@H]2CC[C@H]1C2. The summed E-state index contributed by atoms with van der Waals surface area (Å²) in [5, 5.41) is 3.16. The predicted molar refractivity (Wildman–Crippen MR) is 133 cm³/mol. The molecule has 6 nitrogen and oxygen atoms in total. The Hall–Kier alpha value is -2.22. The highest BCUT2D eigenvalue weighted by Crippen LogP contribution is 2.49. The molecule has 2 saturated carbocycles. The molecular weight excluding hydrogens is 446 g/mol. The van der Waals surface area contributed by atoms with Crippen molar-refractivity contribution in [3.8, 4) is 0 Å². The molecule has 1 heterocycles. The van der Waals surface area contributed by atoms with Gasteiger partial charge in [0.15, 0.2) is 0 Å². The number of carbonyl (C=O) groups is 1. The number of hydrogen-bond acceptors (Lipinski definition) is 4. The molecule has 5 rings (SSSR count). The number of rotatable bonds is 7. The van der Waals surface area contributed by atoms with Gasteiger partial charge in [-0.1, -0.05) is 42.8 Å². The highest BCUT2D eigenvalue weighted by molar-refractivity contribution is 7.89. The maximum atomic E-state index is 13.3. The van der Waals surface area contributed by atoms with E-state index < -0.39 is 10.0 Å². The molecule has 0 radical (unpaired) electrons. The Kier molecular flexibility index (Phi) is 6.78. The number of benzene rings is 2. The molecule has 0 spiro atoms. The second-order valence-corrected chi connectivity index (χ2v) is 12.2. The molecule has 3 aliphatic rings. The molecule has 0 unspecified atom stereocenters. The molecule has 182 valence electrons. The molecule has 2 aromatic carbocycles. The number of fused-ring (bicyclic) bond motifs is 2. The van der Waals surface area contributed by atoms with Crippen molar-refractivity contribution in [2.24, 2.45) is 17.8 Å². The predicted octanol–water partition coefficient (Wildman–Crippen LogP) is 3.75. The Bertz CT molecular complexity index is 1110. The standard InChI is InChI=1S/C27H35N3O3S/c1-20(26-17-22-10-11-23(26)16-22)28-27(31)24-8-5-9-25(18-24)34(32,33)30-14-12-29(13-15-30)19-21-6-3-2-4-7-21/h2-9,18,20,22-23,26H,10-17,19H2,1H3,(H,28,31)/t20-,22-,23-,26-/m0/s1. The molecule has 2 bridgehead atoms. The molecule has 4 atom stereocenters. The Morgan fingerprint density at radius 3 is 2.44 bits per heavy atom. The van der Waals surface area contributed by atoms with Crippen molar-refractivity contribution in [3.05, 3.63) is 65.7 Å². The molecule has 34 heavy (non-hydrogen) atoms. The number of nitrogens with zero attached hydrogens (tertiary/aromatic N) is 2. The summed E-state index contributed by atoms with van der Waals surface area (Å²) < 4.78 is 28.2. The van der Waals surface area contributed by atoms with Gasteiger partial charge in [-0.05, 0) is 67.7 Å². The summed E-state index contributed by atoms with van der Waals surface area (Å²) in [5.41, 5.74) is 1.65. The van der Waals surface area contributed by atoms with Gasteiger partial charge in [-0.2, -0.15) is 4.31 Å². The van der Waals surface area contributed by atoms with E-state index in [2.05, 4.69) is 29.3 Å². The number of carbonyl (C=O) groups excluding carboxylic acids is 1. The van der Waals surface area contributed by atoms with Crippen LogP contribution < -0.4 is 5.32 Å². The first-order chi connectivity index (χ1) is 16.4. The van der Waals surface area contributed by atoms with E-state index in [-0.39, 0.29) is 16.8 Å². The monoisotopic (exact) mass is 481 g/mol. The fraction of sp³-hybridized carbons (Fsp3) is 0.519. The zero-order valence-corrected chi connectivity index (χ0v) is 20.7. The largest absolute Gasteiger partial charge is 0.349 e. The molecule has 2 aliphatic carbocycles. The van der Waals surface area contributed by atoms with Gasteiger partial charge in [0.1, 0.15) is 0 Å². The average Bonchev–Trinajstić information content (AvgIpc) is 3.49. The van der Waals surface area contributed by atoms with Crippen LogP contribution in [0.1, 0.15) is 48.5 Å². The fourth-order valence-electron chi connectivity index (χ4n) is 6.22. The lowest BCUT2D eigenvalue weighted by molar-refractivity contribution is 0.0915. The van der Waals surface area contributed by atoms with Gasteiger partial charge in [-0.3, -0.25) is 9.69 Å². The summed E-state index contributed by atoms with van der Waals surface area (Å²) in [5.74, 6) is 1.92. The molecule has 0 aromatic heterocycles. The minimum absolute atomic E-state index is 0.112. The van der Waals surface area contributed by atoms with E-state index in [9.17, 15) is 13.2 Å². The Labute approximate surface area is 203 Å². The summed E-state index contributed by atoms with van der Waals surface area (Å²) in [7, 11) is -3.64. The van der Waals surface area contributed by atoms with Gasteiger partial charge in [0, 0.05) is 44.3 Å². The Morgan fingerprint density at radius 1 is 1.00 bits per heavy atom. The third-order valence-corrected chi connectivity index (χ3v) is 10.0. The number of amides is 1. The molecule has 2 aromatic rings. The van der Waals surface area contributed by atoms with E-state index >= 15 is 0 Å². The van der Waals surface area contributed by atoms with Crippen LogP contribution in [-0.2, 0) is 16.6 Å². The van der Waals surface area contributed by atoms with Crippen LogP contribution in [0.15, 0.2) is 59.5 Å². The summed E-state index contributed by atoms with van der Waals surface area (Å²) in [6.07, 6.45) is 5.12. The highest BCUT2D eigenvalue weighted by atomic mass is 32.2. The molecule has 1 saturated heterocycles. The van der Waals surface area contributed by atoms with Crippen LogP contribution in [0.2, 0.25) is 0 Å². The minimum Gasteiger partial charge on any atom is -0.349 e. The summed E-state index contributed by atoms with van der Waals surface area (Å²) in [6, 6.07) is 16.9. The van der Waals surface area contributed by atoms with Crippen LogP contribution in [0, 0.1) is 17.8 Å². The van der Waals surface area contributed by atoms with E-state index in [0.717, 1.165) is 18.4 Å². The van der Waals surface area contributed by atoms with Gasteiger partial charge < -0.3 is 5.32 Å². The van der Waals surface area contributed by atoms with Crippen molar-refractivity contribution in [2.45, 2.75) is 50.1 Å². The second kappa shape index (κ2) is 9.80. The molecule has 1 aliphatic heterocycles. The number of hydrogen-bond donors (Lipinski definition) is 1. The van der Waals surface area contributed by atoms with Crippen LogP contribution in [0.5, 0.6) is 0 Å². The van der Waals surface area contributed by atoms with Gasteiger partial charge in [-0.15, -0.1) is 0 Å². The van der Waals surface area contributed by atoms with Crippen molar-refractivity contribution in [3.63, 3.8) is 0 Å². The Balaban J connectivity index is 1.20. The molecular formula is C27H35N3O3S. The van der Waals surface area contributed by atoms with E-state index in [1.54, 1.807) is 22.5 Å². The topological polar surface area (TPSA) is 69.7 Å². The zero-order valence-electron chi connectivity index (χ0n) is 19.9. The van der Waals surface area contributed by atoms with Gasteiger partial charge in [0.25, 0.3) is 5.91 Å². The first kappa shape index (κ1) is 23.5. The summed E-state index contributed by atoms with van der Waals surface area (Å²) in [4.78, 5) is 15.4. The molecule has 1 N–H and O–H groups in total. The molecule has 1 amide bonds. The number of piperazine rings is 1. The average molecular weight is 482 g/mol. The van der Waals surface area contributed by atoms with Crippen molar-refractivity contribution >= 4 is 15.9 Å². The van der Waals surface area contributed by atoms with E-state index in [4.69, 9.17) is 0 Å². The first-order valence-electron chi connectivity index (χ1n) is 12.6. The van der Waals surface area contributed by atoms with Gasteiger partial charge in [-0.25, -0.2) is 8.42 Å². The van der Waals surface area contributed by atoms with Crippen LogP contribution in [0.4, 0.5) is 0 Å². The number of sulfonamides is 1. The van der Waals surface area contributed by atoms with Crippen LogP contribution in [0.3, 0.4) is 0 Å². The van der Waals surface area contributed by atoms with Gasteiger partial charge in [0.05, 0.1) is 4.90 Å². The molecule has 3 fully saturated rings. The lowest BCUT2D eigenvalue weighted by Gasteiger charge is -2.34. The lowest BCUT2D eigenvalue weighted by Crippen LogP contribution is -2.48. The van der Waals surface area contributed by atoms with E-state index in [1.165, 1.54) is 37.3 Å². The zero-order chi connectivity index (χ0) is 23.7. The maximum absolute atomic E-state index is 13.3. The summed E-state index contributed by atoms with van der Waals surface area (Å²) in [6.45, 7) is 5.20. The van der Waals surface area contributed by atoms with Gasteiger partial charge in [0.2, 0.25) is 10.0 Å². The number of nitrogens with one attached hydrogen (secondary N) is 1. The van der Waals surface area contributed by atoms with Crippen LogP contribution in [0.25, 0.3) is 0 Å². The van der Waals surface area contributed by atoms with Crippen LogP contribution >= 0.6 is 0 Å². The minimum atomic E-state index is -3.64.